The van der Waals surface area contributed by atoms with Crippen LogP contribution in [0.2, 0.25) is 0 Å². The van der Waals surface area contributed by atoms with Crippen molar-refractivity contribution in [3.63, 3.8) is 0 Å². The summed E-state index contributed by atoms with van der Waals surface area (Å²) >= 11 is 0. The Bertz CT molecular complexity index is 722. The maximum Gasteiger partial charge on any atom is 0.247 e. The van der Waals surface area contributed by atoms with Crippen molar-refractivity contribution >= 4 is 16.7 Å². The molecule has 2 aromatic rings. The van der Waals surface area contributed by atoms with Crippen molar-refractivity contribution in [2.75, 3.05) is 0 Å². The fourth-order valence-corrected chi connectivity index (χ4v) is 2.15. The molecule has 0 aliphatic rings. The predicted octanol–water partition coefficient (Wildman–Crippen LogP) is 3.27. The molecule has 0 heterocycles. The lowest BCUT2D eigenvalue weighted by molar-refractivity contribution is -0.118. The number of nitrogens with zero attached hydrogens (tertiary/aromatic N) is 1. The molecule has 1 N–H and O–H groups in total. The summed E-state index contributed by atoms with van der Waals surface area (Å²) in [6.07, 6.45) is 0. The summed E-state index contributed by atoms with van der Waals surface area (Å²) in [7, 11) is 0. The summed E-state index contributed by atoms with van der Waals surface area (Å²) in [4.78, 5) is 11.9. The molecule has 100 valence electrons. The number of fused-ring (bicyclic) bond motifs is 1. The van der Waals surface area contributed by atoms with Crippen molar-refractivity contribution in [1.29, 1.82) is 5.26 Å². The number of carbonyl (C=O) groups excluding carboxylic acids is 1. The van der Waals surface area contributed by atoms with Crippen LogP contribution in [0, 0.1) is 11.3 Å². The Balaban J connectivity index is 2.57. The van der Waals surface area contributed by atoms with Crippen LogP contribution >= 0.6 is 0 Å². The first-order valence-corrected chi connectivity index (χ1v) is 6.35. The van der Waals surface area contributed by atoms with Crippen LogP contribution in [0.5, 0.6) is 0 Å². The minimum absolute atomic E-state index is 0.318. The number of hydrogen-bond acceptors (Lipinski definition) is 2. The summed E-state index contributed by atoms with van der Waals surface area (Å²) in [5, 5.41) is 14.3. The van der Waals surface area contributed by atoms with E-state index in [9.17, 15) is 10.1 Å². The maximum atomic E-state index is 11.9. The lowest BCUT2D eigenvalue weighted by Gasteiger charge is -2.25. The molecule has 1 amide bonds. The van der Waals surface area contributed by atoms with Gasteiger partial charge in [-0.05, 0) is 30.2 Å². The molecule has 0 saturated carbocycles. The number of hydrogen-bond donors (Lipinski definition) is 1. The molecule has 2 aromatic carbocycles. The van der Waals surface area contributed by atoms with Crippen molar-refractivity contribution < 1.29 is 4.79 Å². The van der Waals surface area contributed by atoms with Gasteiger partial charge in [-0.15, -0.1) is 0 Å². The summed E-state index contributed by atoms with van der Waals surface area (Å²) in [5.41, 5.74) is 0.0797. The second kappa shape index (κ2) is 5.18. The molecule has 0 aromatic heterocycles. The standard InChI is InChI=1S/C17H16N2O/c1-12(2)16(20)19-17(3,11-18)15-10-6-8-13-7-4-5-9-14(13)15/h4-10H,1H2,2-3H3,(H,19,20). The van der Waals surface area contributed by atoms with Gasteiger partial charge in [0.25, 0.3) is 0 Å². The first-order valence-electron chi connectivity index (χ1n) is 6.35. The van der Waals surface area contributed by atoms with Crippen LogP contribution in [0.1, 0.15) is 19.4 Å². The number of amides is 1. The molecule has 3 nitrogen and oxygen atoms in total. The summed E-state index contributed by atoms with van der Waals surface area (Å²) in [5.74, 6) is -0.318. The number of carbonyl (C=O) groups is 1. The SMILES string of the molecule is C=C(C)C(=O)NC(C)(C#N)c1cccc2ccccc12. The third-order valence-corrected chi connectivity index (χ3v) is 3.30. The fraction of sp³-hybridized carbons (Fsp3) is 0.176. The van der Waals surface area contributed by atoms with E-state index in [0.29, 0.717) is 5.57 Å². The highest BCUT2D eigenvalue weighted by Gasteiger charge is 2.30. The molecular formula is C17H16N2O. The lowest BCUT2D eigenvalue weighted by Crippen LogP contribution is -2.42. The van der Waals surface area contributed by atoms with Gasteiger partial charge in [-0.1, -0.05) is 49.0 Å². The molecule has 1 unspecified atom stereocenters. The third-order valence-electron chi connectivity index (χ3n) is 3.30. The molecule has 3 heteroatoms. The Morgan fingerprint density at radius 2 is 1.90 bits per heavy atom. The van der Waals surface area contributed by atoms with E-state index >= 15 is 0 Å². The van der Waals surface area contributed by atoms with E-state index in [0.717, 1.165) is 16.3 Å². The first-order chi connectivity index (χ1) is 9.48. The van der Waals surface area contributed by atoms with Crippen molar-refractivity contribution in [2.45, 2.75) is 19.4 Å². The summed E-state index contributed by atoms with van der Waals surface area (Å²) < 4.78 is 0. The molecular weight excluding hydrogens is 248 g/mol. The molecule has 0 aliphatic carbocycles. The molecule has 2 rings (SSSR count). The largest absolute Gasteiger partial charge is 0.331 e. The quantitative estimate of drug-likeness (QED) is 0.865. The fourth-order valence-electron chi connectivity index (χ4n) is 2.15. The zero-order valence-corrected chi connectivity index (χ0v) is 11.6. The smallest absolute Gasteiger partial charge is 0.247 e. The van der Waals surface area contributed by atoms with Crippen LogP contribution in [-0.2, 0) is 10.3 Å². The highest BCUT2D eigenvalue weighted by molar-refractivity contribution is 5.94. The van der Waals surface area contributed by atoms with Crippen molar-refractivity contribution in [2.24, 2.45) is 0 Å². The molecule has 20 heavy (non-hydrogen) atoms. The van der Waals surface area contributed by atoms with Crippen LogP contribution in [0.15, 0.2) is 54.6 Å². The number of benzene rings is 2. The first kappa shape index (κ1) is 13.8. The van der Waals surface area contributed by atoms with Crippen molar-refractivity contribution in [1.82, 2.24) is 5.32 Å². The Hall–Kier alpha value is -2.60. The van der Waals surface area contributed by atoms with E-state index in [1.54, 1.807) is 13.8 Å². The average molecular weight is 264 g/mol. The van der Waals surface area contributed by atoms with Crippen LogP contribution in [0.25, 0.3) is 10.8 Å². The Labute approximate surface area is 118 Å². The molecule has 0 spiro atoms. The Morgan fingerprint density at radius 3 is 2.55 bits per heavy atom. The van der Waals surface area contributed by atoms with Crippen molar-refractivity contribution in [3.05, 3.63) is 60.2 Å². The van der Waals surface area contributed by atoms with Crippen LogP contribution in [0.4, 0.5) is 0 Å². The van der Waals surface area contributed by atoms with Crippen LogP contribution in [0.3, 0.4) is 0 Å². The van der Waals surface area contributed by atoms with Gasteiger partial charge in [-0.3, -0.25) is 4.79 Å². The van der Waals surface area contributed by atoms with Gasteiger partial charge in [0.15, 0.2) is 5.54 Å². The third kappa shape index (κ3) is 2.41. The zero-order chi connectivity index (χ0) is 14.8. The second-order valence-corrected chi connectivity index (χ2v) is 5.00. The van der Waals surface area contributed by atoms with Gasteiger partial charge in [0, 0.05) is 5.57 Å². The second-order valence-electron chi connectivity index (χ2n) is 5.00. The molecule has 0 fully saturated rings. The van der Waals surface area contributed by atoms with Crippen molar-refractivity contribution in [3.8, 4) is 6.07 Å². The van der Waals surface area contributed by atoms with Crippen LogP contribution in [-0.4, -0.2) is 5.91 Å². The van der Waals surface area contributed by atoms with E-state index in [1.807, 2.05) is 42.5 Å². The molecule has 0 saturated heterocycles. The average Bonchev–Trinajstić information content (AvgIpc) is 2.46. The number of nitriles is 1. The monoisotopic (exact) mass is 264 g/mol. The van der Waals surface area contributed by atoms with Gasteiger partial charge >= 0.3 is 0 Å². The molecule has 0 radical (unpaired) electrons. The molecule has 1 atom stereocenters. The highest BCUT2D eigenvalue weighted by Crippen LogP contribution is 2.28. The topological polar surface area (TPSA) is 52.9 Å². The number of rotatable bonds is 3. The van der Waals surface area contributed by atoms with E-state index in [-0.39, 0.29) is 5.91 Å². The van der Waals surface area contributed by atoms with Gasteiger partial charge in [0.1, 0.15) is 0 Å². The zero-order valence-electron chi connectivity index (χ0n) is 11.6. The van der Waals surface area contributed by atoms with E-state index in [1.165, 1.54) is 0 Å². The van der Waals surface area contributed by atoms with Gasteiger partial charge in [-0.2, -0.15) is 5.26 Å². The Kier molecular flexibility index (Phi) is 3.58. The summed E-state index contributed by atoms with van der Waals surface area (Å²) in [6, 6.07) is 15.7. The van der Waals surface area contributed by atoms with Gasteiger partial charge in [-0.25, -0.2) is 0 Å². The normalized spacial score (nSPS) is 13.2. The lowest BCUT2D eigenvalue weighted by atomic mass is 9.88. The maximum absolute atomic E-state index is 11.9. The van der Waals surface area contributed by atoms with E-state index < -0.39 is 5.54 Å². The minimum atomic E-state index is -1.09. The molecule has 0 bridgehead atoms. The summed E-state index contributed by atoms with van der Waals surface area (Å²) in [6.45, 7) is 6.93. The van der Waals surface area contributed by atoms with Crippen LogP contribution < -0.4 is 5.32 Å². The minimum Gasteiger partial charge on any atom is -0.331 e. The van der Waals surface area contributed by atoms with Gasteiger partial charge in [0.2, 0.25) is 5.91 Å². The van der Waals surface area contributed by atoms with Gasteiger partial charge in [0.05, 0.1) is 6.07 Å². The van der Waals surface area contributed by atoms with E-state index in [2.05, 4.69) is 18.0 Å². The number of nitrogens with one attached hydrogen (secondary N) is 1. The van der Waals surface area contributed by atoms with Gasteiger partial charge < -0.3 is 5.32 Å². The molecule has 0 aliphatic heterocycles. The predicted molar refractivity (Wildman–Crippen MR) is 79.9 cm³/mol. The Morgan fingerprint density at radius 1 is 1.25 bits per heavy atom. The van der Waals surface area contributed by atoms with E-state index in [4.69, 9.17) is 0 Å². The highest BCUT2D eigenvalue weighted by atomic mass is 16.1.